The highest BCUT2D eigenvalue weighted by atomic mass is 32.2. The van der Waals surface area contributed by atoms with Crippen LogP contribution in [-0.2, 0) is 11.2 Å². The molecule has 4 nitrogen and oxygen atoms in total. The first-order valence-electron chi connectivity index (χ1n) is 8.81. The van der Waals surface area contributed by atoms with Crippen molar-refractivity contribution in [2.24, 2.45) is 10.2 Å². The van der Waals surface area contributed by atoms with Crippen LogP contribution in [0.4, 0.5) is 0 Å². The summed E-state index contributed by atoms with van der Waals surface area (Å²) >= 11 is 1.44. The van der Waals surface area contributed by atoms with Crippen LogP contribution < -0.4 is 5.32 Å². The van der Waals surface area contributed by atoms with Crippen molar-refractivity contribution in [1.82, 2.24) is 5.32 Å². The Kier molecular flexibility index (Phi) is 5.03. The molecule has 3 aromatic carbocycles. The zero-order chi connectivity index (χ0) is 18.6. The van der Waals surface area contributed by atoms with E-state index in [1.54, 1.807) is 6.21 Å². The van der Waals surface area contributed by atoms with Gasteiger partial charge in [0, 0.05) is 0 Å². The van der Waals surface area contributed by atoms with Crippen molar-refractivity contribution in [1.29, 1.82) is 0 Å². The monoisotopic (exact) mass is 373 g/mol. The highest BCUT2D eigenvalue weighted by Gasteiger charge is 2.30. The number of hydrogen-bond acceptors (Lipinski definition) is 4. The molecule has 1 fully saturated rings. The largest absolute Gasteiger partial charge is 0.303 e. The van der Waals surface area contributed by atoms with E-state index in [0.29, 0.717) is 11.6 Å². The molecule has 1 N–H and O–H groups in total. The van der Waals surface area contributed by atoms with Gasteiger partial charge in [0.25, 0.3) is 0 Å². The number of nitrogens with zero attached hydrogens (tertiary/aromatic N) is 2. The summed E-state index contributed by atoms with van der Waals surface area (Å²) in [7, 11) is 0. The quantitative estimate of drug-likeness (QED) is 0.547. The van der Waals surface area contributed by atoms with E-state index in [-0.39, 0.29) is 11.2 Å². The van der Waals surface area contributed by atoms with E-state index in [2.05, 4.69) is 39.8 Å². The fraction of sp³-hybridized carbons (Fsp3) is 0.136. The number of carbonyl (C=O) groups excluding carboxylic acids is 1. The van der Waals surface area contributed by atoms with Gasteiger partial charge in [-0.25, -0.2) is 0 Å². The molecule has 0 radical (unpaired) electrons. The first kappa shape index (κ1) is 17.5. The lowest BCUT2D eigenvalue weighted by Crippen LogP contribution is -2.26. The highest BCUT2D eigenvalue weighted by molar-refractivity contribution is 8.15. The smallest absolute Gasteiger partial charge is 0.239 e. The van der Waals surface area contributed by atoms with Crippen molar-refractivity contribution in [3.05, 3.63) is 83.4 Å². The molecule has 1 aliphatic heterocycles. The van der Waals surface area contributed by atoms with Crippen molar-refractivity contribution in [2.75, 3.05) is 0 Å². The summed E-state index contributed by atoms with van der Waals surface area (Å²) in [4.78, 5) is 12.3. The molecule has 0 aromatic heterocycles. The van der Waals surface area contributed by atoms with Gasteiger partial charge in [0.05, 0.1) is 11.5 Å². The lowest BCUT2D eigenvalue weighted by atomic mass is 10.0. The average Bonchev–Trinajstić information content (AvgIpc) is 3.03. The molecule has 3 aromatic rings. The Hall–Kier alpha value is -2.92. The lowest BCUT2D eigenvalue weighted by molar-refractivity contribution is -0.118. The molecule has 5 heteroatoms. The summed E-state index contributed by atoms with van der Waals surface area (Å²) < 4.78 is 0. The van der Waals surface area contributed by atoms with Crippen molar-refractivity contribution in [3.8, 4) is 0 Å². The first-order valence-corrected chi connectivity index (χ1v) is 9.69. The van der Waals surface area contributed by atoms with Crippen LogP contribution in [0.5, 0.6) is 0 Å². The predicted molar refractivity (Wildman–Crippen MR) is 113 cm³/mol. The van der Waals surface area contributed by atoms with E-state index in [1.165, 1.54) is 28.1 Å². The van der Waals surface area contributed by atoms with Crippen LogP contribution in [0.2, 0.25) is 0 Å². The lowest BCUT2D eigenvalue weighted by Gasteiger charge is -2.09. The van der Waals surface area contributed by atoms with Gasteiger partial charge in [-0.1, -0.05) is 78.5 Å². The van der Waals surface area contributed by atoms with E-state index in [1.807, 2.05) is 49.4 Å². The van der Waals surface area contributed by atoms with Gasteiger partial charge in [-0.15, -0.1) is 5.10 Å². The standard InChI is InChI=1S/C22H19N3OS/c1-15-7-2-3-9-18(15)14-23-25-22-24-21(26)20(27-22)13-17-11-6-10-16-8-4-5-12-19(16)17/h2-12,14,20H,13H2,1H3,(H,24,25,26). The van der Waals surface area contributed by atoms with Crippen LogP contribution in [0.25, 0.3) is 10.8 Å². The number of aryl methyl sites for hydroxylation is 1. The summed E-state index contributed by atoms with van der Waals surface area (Å²) in [5.41, 5.74) is 3.33. The molecule has 0 spiro atoms. The van der Waals surface area contributed by atoms with E-state index in [9.17, 15) is 4.79 Å². The van der Waals surface area contributed by atoms with Gasteiger partial charge in [-0.05, 0) is 40.8 Å². The van der Waals surface area contributed by atoms with Crippen LogP contribution in [0.3, 0.4) is 0 Å². The number of nitrogens with one attached hydrogen (secondary N) is 1. The zero-order valence-electron chi connectivity index (χ0n) is 14.9. The number of amidine groups is 1. The number of carbonyl (C=O) groups is 1. The summed E-state index contributed by atoms with van der Waals surface area (Å²) in [6.07, 6.45) is 2.38. The number of fused-ring (bicyclic) bond motifs is 1. The van der Waals surface area contributed by atoms with Crippen molar-refractivity contribution >= 4 is 39.8 Å². The third-order valence-electron chi connectivity index (χ3n) is 4.60. The van der Waals surface area contributed by atoms with E-state index in [0.717, 1.165) is 11.1 Å². The molecule has 1 atom stereocenters. The minimum Gasteiger partial charge on any atom is -0.303 e. The number of amides is 1. The number of hydrogen-bond donors (Lipinski definition) is 1. The molecule has 1 aliphatic rings. The molecule has 0 aliphatic carbocycles. The third-order valence-corrected chi connectivity index (χ3v) is 5.67. The topological polar surface area (TPSA) is 53.8 Å². The summed E-state index contributed by atoms with van der Waals surface area (Å²) in [6, 6.07) is 22.4. The summed E-state index contributed by atoms with van der Waals surface area (Å²) in [5, 5.41) is 13.9. The number of benzene rings is 3. The van der Waals surface area contributed by atoms with Gasteiger partial charge in [0.15, 0.2) is 5.17 Å². The maximum atomic E-state index is 12.3. The van der Waals surface area contributed by atoms with Crippen molar-refractivity contribution < 1.29 is 4.79 Å². The fourth-order valence-corrected chi connectivity index (χ4v) is 4.08. The Morgan fingerprint density at radius 1 is 1.04 bits per heavy atom. The van der Waals surface area contributed by atoms with Gasteiger partial charge < -0.3 is 5.32 Å². The number of thioether (sulfide) groups is 1. The molecule has 0 saturated carbocycles. The van der Waals surface area contributed by atoms with E-state index < -0.39 is 0 Å². The summed E-state index contributed by atoms with van der Waals surface area (Å²) in [6.45, 7) is 2.03. The van der Waals surface area contributed by atoms with E-state index >= 15 is 0 Å². The molecule has 134 valence electrons. The van der Waals surface area contributed by atoms with Crippen LogP contribution in [0, 0.1) is 6.92 Å². The average molecular weight is 373 g/mol. The molecule has 27 heavy (non-hydrogen) atoms. The number of rotatable bonds is 4. The molecule has 1 heterocycles. The Labute approximate surface area is 162 Å². The highest BCUT2D eigenvalue weighted by Crippen LogP contribution is 2.27. The molecule has 0 bridgehead atoms. The summed E-state index contributed by atoms with van der Waals surface area (Å²) in [5.74, 6) is -0.0159. The Bertz CT molecular complexity index is 1050. The van der Waals surface area contributed by atoms with Gasteiger partial charge in [-0.3, -0.25) is 4.79 Å². The minimum absolute atomic E-state index is 0.0159. The second kappa shape index (κ2) is 7.76. The molecule has 1 unspecified atom stereocenters. The van der Waals surface area contributed by atoms with Gasteiger partial charge in [0.2, 0.25) is 5.91 Å². The second-order valence-corrected chi connectivity index (χ2v) is 7.64. The van der Waals surface area contributed by atoms with Gasteiger partial charge in [0.1, 0.15) is 0 Å². The third kappa shape index (κ3) is 3.93. The molecular formula is C22H19N3OS. The van der Waals surface area contributed by atoms with E-state index in [4.69, 9.17) is 0 Å². The normalized spacial score (nSPS) is 18.5. The van der Waals surface area contributed by atoms with Crippen LogP contribution in [0.15, 0.2) is 76.9 Å². The predicted octanol–water partition coefficient (Wildman–Crippen LogP) is 4.31. The maximum Gasteiger partial charge on any atom is 0.239 e. The molecule has 4 rings (SSSR count). The van der Waals surface area contributed by atoms with Crippen LogP contribution in [-0.4, -0.2) is 22.5 Å². The second-order valence-electron chi connectivity index (χ2n) is 6.44. The van der Waals surface area contributed by atoms with Crippen molar-refractivity contribution in [3.63, 3.8) is 0 Å². The minimum atomic E-state index is -0.191. The van der Waals surface area contributed by atoms with Crippen molar-refractivity contribution in [2.45, 2.75) is 18.6 Å². The molecule has 1 amide bonds. The Morgan fingerprint density at radius 2 is 1.81 bits per heavy atom. The first-order chi connectivity index (χ1) is 13.2. The van der Waals surface area contributed by atoms with Crippen LogP contribution >= 0.6 is 11.8 Å². The zero-order valence-corrected chi connectivity index (χ0v) is 15.7. The van der Waals surface area contributed by atoms with Gasteiger partial charge >= 0.3 is 0 Å². The Balaban J connectivity index is 1.48. The maximum absolute atomic E-state index is 12.3. The molecule has 1 saturated heterocycles. The molecular weight excluding hydrogens is 354 g/mol. The fourth-order valence-electron chi connectivity index (χ4n) is 3.13. The van der Waals surface area contributed by atoms with Crippen LogP contribution in [0.1, 0.15) is 16.7 Å². The SMILES string of the molecule is Cc1ccccc1C=NN=C1NC(=O)C(Cc2cccc3ccccc23)S1. The Morgan fingerprint density at radius 3 is 2.70 bits per heavy atom. The van der Waals surface area contributed by atoms with Gasteiger partial charge in [-0.2, -0.15) is 5.10 Å².